The van der Waals surface area contributed by atoms with Gasteiger partial charge >= 0.3 is 0 Å². The molecule has 1 amide bonds. The van der Waals surface area contributed by atoms with Gasteiger partial charge in [-0.1, -0.05) is 35.9 Å². The molecular weight excluding hydrogens is 342 g/mol. The van der Waals surface area contributed by atoms with Crippen LogP contribution in [-0.2, 0) is 0 Å². The highest BCUT2D eigenvalue weighted by Crippen LogP contribution is 2.28. The number of nitrogens with zero attached hydrogens (tertiary/aromatic N) is 2. The number of benzene rings is 1. The van der Waals surface area contributed by atoms with Gasteiger partial charge in [0.1, 0.15) is 9.88 Å². The lowest BCUT2D eigenvalue weighted by Gasteiger charge is -2.15. The summed E-state index contributed by atoms with van der Waals surface area (Å²) in [4.78, 5) is 21.9. The fraction of sp³-hybridized carbons (Fsp3) is 0.167. The molecule has 24 heavy (non-hydrogen) atoms. The van der Waals surface area contributed by atoms with Crippen LogP contribution in [0, 0.1) is 6.92 Å². The van der Waals surface area contributed by atoms with Crippen LogP contribution in [0.2, 0.25) is 5.02 Å². The zero-order valence-electron chi connectivity index (χ0n) is 13.3. The third kappa shape index (κ3) is 3.47. The lowest BCUT2D eigenvalue weighted by molar-refractivity contribution is 0.0943. The molecule has 1 aromatic carbocycles. The number of hydrogen-bond donors (Lipinski definition) is 1. The molecule has 0 fully saturated rings. The monoisotopic (exact) mass is 357 g/mol. The summed E-state index contributed by atoms with van der Waals surface area (Å²) in [5.41, 5.74) is 2.35. The molecular formula is C18H16ClN3OS. The van der Waals surface area contributed by atoms with Gasteiger partial charge in [-0.15, -0.1) is 11.3 Å². The highest BCUT2D eigenvalue weighted by atomic mass is 35.5. The third-order valence-electron chi connectivity index (χ3n) is 3.61. The Kier molecular flexibility index (Phi) is 4.92. The first-order chi connectivity index (χ1) is 11.6. The van der Waals surface area contributed by atoms with Gasteiger partial charge in [0.25, 0.3) is 5.91 Å². The molecule has 0 radical (unpaired) electrons. The summed E-state index contributed by atoms with van der Waals surface area (Å²) in [5.74, 6) is -0.153. The van der Waals surface area contributed by atoms with E-state index in [1.54, 1.807) is 6.20 Å². The summed E-state index contributed by atoms with van der Waals surface area (Å²) >= 11 is 7.54. The third-order valence-corrected chi connectivity index (χ3v) is 5.13. The van der Waals surface area contributed by atoms with E-state index in [4.69, 9.17) is 11.6 Å². The van der Waals surface area contributed by atoms with E-state index in [0.29, 0.717) is 15.6 Å². The van der Waals surface area contributed by atoms with Crippen molar-refractivity contribution >= 4 is 28.8 Å². The molecule has 0 aliphatic carbocycles. The van der Waals surface area contributed by atoms with Crippen molar-refractivity contribution in [1.29, 1.82) is 0 Å². The van der Waals surface area contributed by atoms with E-state index in [-0.39, 0.29) is 11.9 Å². The van der Waals surface area contributed by atoms with Crippen molar-refractivity contribution in [2.45, 2.75) is 19.9 Å². The second kappa shape index (κ2) is 7.11. The van der Waals surface area contributed by atoms with Crippen LogP contribution in [0.15, 0.2) is 48.7 Å². The Morgan fingerprint density at radius 2 is 1.96 bits per heavy atom. The van der Waals surface area contributed by atoms with Gasteiger partial charge in [-0.2, -0.15) is 0 Å². The van der Waals surface area contributed by atoms with E-state index in [1.165, 1.54) is 11.3 Å². The maximum Gasteiger partial charge on any atom is 0.263 e. The topological polar surface area (TPSA) is 54.9 Å². The van der Waals surface area contributed by atoms with Crippen LogP contribution in [0.25, 0.3) is 10.7 Å². The summed E-state index contributed by atoms with van der Waals surface area (Å²) in [6, 6.07) is 12.9. The van der Waals surface area contributed by atoms with Gasteiger partial charge in [-0.3, -0.25) is 9.78 Å². The molecule has 1 unspecified atom stereocenters. The van der Waals surface area contributed by atoms with Gasteiger partial charge in [-0.05, 0) is 37.6 Å². The molecule has 2 heterocycles. The van der Waals surface area contributed by atoms with Gasteiger partial charge in [0.2, 0.25) is 0 Å². The summed E-state index contributed by atoms with van der Waals surface area (Å²) in [6.07, 6.45) is 1.71. The average Bonchev–Trinajstić information content (AvgIpc) is 2.98. The molecule has 4 nitrogen and oxygen atoms in total. The minimum atomic E-state index is -0.189. The molecule has 0 aliphatic rings. The highest BCUT2D eigenvalue weighted by Gasteiger charge is 2.19. The first-order valence-electron chi connectivity index (χ1n) is 7.50. The van der Waals surface area contributed by atoms with E-state index in [2.05, 4.69) is 15.3 Å². The van der Waals surface area contributed by atoms with Crippen molar-refractivity contribution in [3.63, 3.8) is 0 Å². The van der Waals surface area contributed by atoms with Crippen LogP contribution in [0.4, 0.5) is 0 Å². The van der Waals surface area contributed by atoms with E-state index < -0.39 is 0 Å². The molecule has 2 aromatic heterocycles. The quantitative estimate of drug-likeness (QED) is 0.738. The zero-order valence-corrected chi connectivity index (χ0v) is 14.9. The number of halogens is 1. The number of amides is 1. The largest absolute Gasteiger partial charge is 0.345 e. The SMILES string of the molecule is Cc1nc(-c2ccccn2)sc1C(=O)NC(C)c1ccccc1Cl. The number of hydrogen-bond acceptors (Lipinski definition) is 4. The molecule has 0 saturated carbocycles. The van der Waals surface area contributed by atoms with Crippen molar-refractivity contribution in [3.8, 4) is 10.7 Å². The number of rotatable bonds is 4. The molecule has 1 atom stereocenters. The van der Waals surface area contributed by atoms with Crippen LogP contribution in [-0.4, -0.2) is 15.9 Å². The Morgan fingerprint density at radius 3 is 2.67 bits per heavy atom. The number of aryl methyl sites for hydroxylation is 1. The van der Waals surface area contributed by atoms with Crippen LogP contribution >= 0.6 is 22.9 Å². The smallest absolute Gasteiger partial charge is 0.263 e. The summed E-state index contributed by atoms with van der Waals surface area (Å²) in [6.45, 7) is 3.74. The number of aromatic nitrogens is 2. The van der Waals surface area contributed by atoms with Crippen LogP contribution in [0.3, 0.4) is 0 Å². The van der Waals surface area contributed by atoms with Gasteiger partial charge in [-0.25, -0.2) is 4.98 Å². The van der Waals surface area contributed by atoms with Gasteiger partial charge < -0.3 is 5.32 Å². The lowest BCUT2D eigenvalue weighted by atomic mass is 10.1. The minimum Gasteiger partial charge on any atom is -0.345 e. The second-order valence-corrected chi connectivity index (χ2v) is 6.77. The standard InChI is InChI=1S/C18H16ClN3OS/c1-11(13-7-3-4-8-14(13)19)21-17(23)16-12(2)22-18(24-16)15-9-5-6-10-20-15/h3-11H,1-2H3,(H,21,23). The zero-order chi connectivity index (χ0) is 17.1. The summed E-state index contributed by atoms with van der Waals surface area (Å²) in [7, 11) is 0. The van der Waals surface area contributed by atoms with Crippen molar-refractivity contribution in [2.75, 3.05) is 0 Å². The maximum atomic E-state index is 12.6. The maximum absolute atomic E-state index is 12.6. The average molecular weight is 358 g/mol. The fourth-order valence-corrected chi connectivity index (χ4v) is 3.62. The highest BCUT2D eigenvalue weighted by molar-refractivity contribution is 7.17. The number of carbonyl (C=O) groups is 1. The summed E-state index contributed by atoms with van der Waals surface area (Å²) < 4.78 is 0. The lowest BCUT2D eigenvalue weighted by Crippen LogP contribution is -2.26. The molecule has 3 aromatic rings. The van der Waals surface area contributed by atoms with Gasteiger partial charge in [0.15, 0.2) is 0 Å². The normalized spacial score (nSPS) is 12.0. The minimum absolute atomic E-state index is 0.153. The molecule has 0 saturated heterocycles. The Bertz CT molecular complexity index is 864. The van der Waals surface area contributed by atoms with Gasteiger partial charge in [0.05, 0.1) is 17.4 Å². The Labute approximate surface area is 149 Å². The van der Waals surface area contributed by atoms with Crippen molar-refractivity contribution in [3.05, 3.63) is 69.8 Å². The molecule has 0 spiro atoms. The van der Waals surface area contributed by atoms with Gasteiger partial charge in [0, 0.05) is 11.2 Å². The first kappa shape index (κ1) is 16.6. The van der Waals surface area contributed by atoms with E-state index in [1.807, 2.05) is 56.3 Å². The molecule has 122 valence electrons. The second-order valence-electron chi connectivity index (χ2n) is 5.37. The molecule has 1 N–H and O–H groups in total. The van der Waals surface area contributed by atoms with E-state index in [9.17, 15) is 4.79 Å². The van der Waals surface area contributed by atoms with E-state index >= 15 is 0 Å². The number of pyridine rings is 1. The molecule has 0 aliphatic heterocycles. The molecule has 6 heteroatoms. The Balaban J connectivity index is 1.81. The number of nitrogens with one attached hydrogen (secondary N) is 1. The van der Waals surface area contributed by atoms with Crippen molar-refractivity contribution < 1.29 is 4.79 Å². The Morgan fingerprint density at radius 1 is 1.21 bits per heavy atom. The predicted molar refractivity (Wildman–Crippen MR) is 97.4 cm³/mol. The number of thiazole rings is 1. The molecule has 3 rings (SSSR count). The van der Waals surface area contributed by atoms with Crippen LogP contribution < -0.4 is 5.32 Å². The van der Waals surface area contributed by atoms with E-state index in [0.717, 1.165) is 16.3 Å². The van der Waals surface area contributed by atoms with Crippen molar-refractivity contribution in [2.24, 2.45) is 0 Å². The van der Waals surface area contributed by atoms with Crippen LogP contribution in [0.5, 0.6) is 0 Å². The predicted octanol–water partition coefficient (Wildman–Crippen LogP) is 4.66. The first-order valence-corrected chi connectivity index (χ1v) is 8.70. The number of carbonyl (C=O) groups excluding carboxylic acids is 1. The Hall–Kier alpha value is -2.24. The summed E-state index contributed by atoms with van der Waals surface area (Å²) in [5, 5.41) is 4.36. The molecule has 0 bridgehead atoms. The van der Waals surface area contributed by atoms with Crippen LogP contribution in [0.1, 0.15) is 33.9 Å². The fourth-order valence-electron chi connectivity index (χ4n) is 2.37. The van der Waals surface area contributed by atoms with Crippen molar-refractivity contribution in [1.82, 2.24) is 15.3 Å².